The van der Waals surface area contributed by atoms with Gasteiger partial charge < -0.3 is 15.1 Å². The fourth-order valence-corrected chi connectivity index (χ4v) is 5.12. The molecule has 0 radical (unpaired) electrons. The van der Waals surface area contributed by atoms with E-state index in [4.69, 9.17) is 0 Å². The van der Waals surface area contributed by atoms with Gasteiger partial charge in [0.1, 0.15) is 38.8 Å². The van der Waals surface area contributed by atoms with Crippen molar-refractivity contribution < 1.29 is 14.6 Å². The number of hydrogen-bond donors (Lipinski definition) is 3. The molecule has 0 unspecified atom stereocenters. The first-order valence-corrected chi connectivity index (χ1v) is 11.0. The van der Waals surface area contributed by atoms with E-state index in [0.717, 1.165) is 32.7 Å². The van der Waals surface area contributed by atoms with Gasteiger partial charge in [0, 0.05) is 24.2 Å². The van der Waals surface area contributed by atoms with Gasteiger partial charge in [0.15, 0.2) is 5.13 Å². The second-order valence-corrected chi connectivity index (χ2v) is 8.77. The van der Waals surface area contributed by atoms with E-state index in [0.29, 0.717) is 11.2 Å². The Balaban J connectivity index is 1.42. The molecule has 1 aliphatic rings. The Labute approximate surface area is 176 Å². The highest BCUT2D eigenvalue weighted by Gasteiger charge is 2.31. The van der Waals surface area contributed by atoms with E-state index in [1.54, 1.807) is 21.1 Å². The molecule has 1 amide bonds. The van der Waals surface area contributed by atoms with Crippen molar-refractivity contribution in [3.8, 4) is 0 Å². The third-order valence-corrected chi connectivity index (χ3v) is 6.45. The Morgan fingerprint density at radius 1 is 1.00 bits per heavy atom. The lowest BCUT2D eigenvalue weighted by Crippen LogP contribution is -3.27. The first-order valence-electron chi connectivity index (χ1n) is 10.2. The number of benzene rings is 2. The second-order valence-electron chi connectivity index (χ2n) is 7.65. The zero-order valence-corrected chi connectivity index (χ0v) is 17.5. The summed E-state index contributed by atoms with van der Waals surface area (Å²) in [6, 6.07) is 22.1. The van der Waals surface area contributed by atoms with Gasteiger partial charge in [-0.3, -0.25) is 4.79 Å². The van der Waals surface area contributed by atoms with Crippen LogP contribution in [0.3, 0.4) is 0 Å². The number of amides is 1. The summed E-state index contributed by atoms with van der Waals surface area (Å²) in [5.41, 5.74) is 2.78. The fraction of sp³-hybridized carbons (Fsp3) is 0.304. The number of hydrogen-bond acceptors (Lipinski definition) is 3. The molecule has 1 aromatic heterocycles. The molecule has 0 atom stereocenters. The quantitative estimate of drug-likeness (QED) is 0.574. The number of rotatable bonds is 6. The van der Waals surface area contributed by atoms with Gasteiger partial charge in [-0.05, 0) is 0 Å². The number of quaternary nitrogens is 2. The van der Waals surface area contributed by atoms with Crippen molar-refractivity contribution in [2.45, 2.75) is 19.5 Å². The molecular formula is C23H28N4OS+2. The molecule has 2 heterocycles. The Hall–Kier alpha value is -2.54. The Bertz CT molecular complexity index is 881. The summed E-state index contributed by atoms with van der Waals surface area (Å²) >= 11 is 1.59. The third kappa shape index (κ3) is 5.09. The molecule has 1 aliphatic heterocycles. The van der Waals surface area contributed by atoms with Gasteiger partial charge in [0.05, 0.1) is 4.88 Å². The number of carbonyl (C=O) groups is 1. The van der Waals surface area contributed by atoms with Crippen molar-refractivity contribution in [3.05, 3.63) is 82.9 Å². The lowest BCUT2D eigenvalue weighted by Gasteiger charge is -2.35. The monoisotopic (exact) mass is 408 g/mol. The largest absolute Gasteiger partial charge is 0.321 e. The summed E-state index contributed by atoms with van der Waals surface area (Å²) in [5.74, 6) is -0.0664. The van der Waals surface area contributed by atoms with E-state index in [9.17, 15) is 4.79 Å². The number of nitrogens with one attached hydrogen (secondary N) is 3. The van der Waals surface area contributed by atoms with E-state index >= 15 is 0 Å². The van der Waals surface area contributed by atoms with E-state index in [-0.39, 0.29) is 5.91 Å². The van der Waals surface area contributed by atoms with Gasteiger partial charge in [0.25, 0.3) is 0 Å². The molecule has 4 rings (SSSR count). The molecule has 150 valence electrons. The maximum absolute atomic E-state index is 11.2. The minimum atomic E-state index is -0.0664. The van der Waals surface area contributed by atoms with Gasteiger partial charge in [-0.2, -0.15) is 0 Å². The fourth-order valence-electron chi connectivity index (χ4n) is 4.19. The standard InChI is InChI=1S/C23H26N4OS/c1-18(28)25-23-24-16-21(29-23)17-26-12-14-27(15-13-26)22(19-8-4-2-5-9-19)20-10-6-3-7-11-20/h2-11,16,22H,12-15,17H2,1H3,(H,24,25,28)/p+2. The summed E-state index contributed by atoms with van der Waals surface area (Å²) in [7, 11) is 0. The van der Waals surface area contributed by atoms with Gasteiger partial charge in [-0.15, -0.1) is 0 Å². The first kappa shape index (κ1) is 19.8. The maximum atomic E-state index is 11.2. The number of anilines is 1. The maximum Gasteiger partial charge on any atom is 0.223 e. The van der Waals surface area contributed by atoms with Crippen molar-refractivity contribution in [1.82, 2.24) is 4.98 Å². The second kappa shape index (κ2) is 9.31. The number of carbonyl (C=O) groups excluding carboxylic acids is 1. The van der Waals surface area contributed by atoms with Crippen LogP contribution in [0, 0.1) is 0 Å². The average Bonchev–Trinajstić information content (AvgIpc) is 3.17. The molecular weight excluding hydrogens is 380 g/mol. The van der Waals surface area contributed by atoms with Crippen molar-refractivity contribution >= 4 is 22.4 Å². The molecule has 5 nitrogen and oxygen atoms in total. The van der Waals surface area contributed by atoms with Gasteiger partial charge in [0.2, 0.25) is 5.91 Å². The van der Waals surface area contributed by atoms with Gasteiger partial charge in [-0.1, -0.05) is 72.0 Å². The summed E-state index contributed by atoms with van der Waals surface area (Å²) in [6.45, 7) is 7.05. The number of nitrogens with zero attached hydrogens (tertiary/aromatic N) is 1. The molecule has 0 spiro atoms. The molecule has 0 bridgehead atoms. The molecule has 3 N–H and O–H groups in total. The molecule has 0 aliphatic carbocycles. The summed E-state index contributed by atoms with van der Waals surface area (Å²) in [6.07, 6.45) is 1.90. The van der Waals surface area contributed by atoms with E-state index in [1.165, 1.54) is 22.9 Å². The molecule has 1 saturated heterocycles. The van der Waals surface area contributed by atoms with Crippen molar-refractivity contribution in [3.63, 3.8) is 0 Å². The van der Waals surface area contributed by atoms with E-state index < -0.39 is 0 Å². The molecule has 6 heteroatoms. The Morgan fingerprint density at radius 2 is 1.59 bits per heavy atom. The van der Waals surface area contributed by atoms with Crippen LogP contribution in [0.25, 0.3) is 0 Å². The zero-order valence-electron chi connectivity index (χ0n) is 16.7. The highest BCUT2D eigenvalue weighted by atomic mass is 32.1. The average molecular weight is 409 g/mol. The summed E-state index contributed by atoms with van der Waals surface area (Å²) < 4.78 is 0. The van der Waals surface area contributed by atoms with Crippen LogP contribution in [0.5, 0.6) is 0 Å². The zero-order chi connectivity index (χ0) is 20.1. The van der Waals surface area contributed by atoms with E-state index in [2.05, 4.69) is 71.0 Å². The predicted molar refractivity (Wildman–Crippen MR) is 116 cm³/mol. The lowest BCUT2D eigenvalue weighted by atomic mass is 9.96. The summed E-state index contributed by atoms with van der Waals surface area (Å²) in [5, 5.41) is 3.47. The van der Waals surface area contributed by atoms with Crippen molar-refractivity contribution in [2.24, 2.45) is 0 Å². The minimum Gasteiger partial charge on any atom is -0.321 e. The third-order valence-electron chi connectivity index (χ3n) is 5.53. The van der Waals surface area contributed by atoms with Crippen molar-refractivity contribution in [1.29, 1.82) is 0 Å². The Morgan fingerprint density at radius 3 is 2.14 bits per heavy atom. The number of aromatic nitrogens is 1. The first-order chi connectivity index (χ1) is 14.2. The van der Waals surface area contributed by atoms with Crippen LogP contribution in [-0.2, 0) is 11.3 Å². The lowest BCUT2D eigenvalue weighted by molar-refractivity contribution is -1.03. The Kier molecular flexibility index (Phi) is 6.34. The normalized spacial score (nSPS) is 19.2. The van der Waals surface area contributed by atoms with Crippen LogP contribution < -0.4 is 15.1 Å². The van der Waals surface area contributed by atoms with Gasteiger partial charge in [-0.25, -0.2) is 4.98 Å². The molecule has 2 aromatic carbocycles. The smallest absolute Gasteiger partial charge is 0.223 e. The summed E-state index contributed by atoms with van der Waals surface area (Å²) in [4.78, 5) is 20.0. The highest BCUT2D eigenvalue weighted by molar-refractivity contribution is 7.15. The molecule has 0 saturated carbocycles. The SMILES string of the molecule is CC(=O)Nc1ncc(C[NH+]2CC[NH+](C(c3ccccc3)c3ccccc3)CC2)s1. The van der Waals surface area contributed by atoms with Crippen LogP contribution in [0.1, 0.15) is 29.0 Å². The van der Waals surface area contributed by atoms with Crippen LogP contribution in [-0.4, -0.2) is 37.1 Å². The number of thiazole rings is 1. The predicted octanol–water partition coefficient (Wildman–Crippen LogP) is 1.17. The highest BCUT2D eigenvalue weighted by Crippen LogP contribution is 2.19. The van der Waals surface area contributed by atoms with Crippen LogP contribution in [0.4, 0.5) is 5.13 Å². The topological polar surface area (TPSA) is 50.9 Å². The van der Waals surface area contributed by atoms with Crippen LogP contribution >= 0.6 is 11.3 Å². The molecule has 29 heavy (non-hydrogen) atoms. The molecule has 3 aromatic rings. The van der Waals surface area contributed by atoms with E-state index in [1.807, 2.05) is 6.20 Å². The van der Waals surface area contributed by atoms with Gasteiger partial charge >= 0.3 is 0 Å². The number of piperazine rings is 1. The minimum absolute atomic E-state index is 0.0664. The van der Waals surface area contributed by atoms with Crippen molar-refractivity contribution in [2.75, 3.05) is 31.5 Å². The van der Waals surface area contributed by atoms with Crippen LogP contribution in [0.15, 0.2) is 66.9 Å². The van der Waals surface area contributed by atoms with Crippen LogP contribution in [0.2, 0.25) is 0 Å². The molecule has 1 fully saturated rings.